The summed E-state index contributed by atoms with van der Waals surface area (Å²) in [7, 11) is 12.8. The lowest BCUT2D eigenvalue weighted by molar-refractivity contribution is 0.358. The first-order chi connectivity index (χ1) is 11.8. The molecule has 4 radical (unpaired) electrons. The Morgan fingerprint density at radius 1 is 0.720 bits per heavy atom. The molecule has 120 valence electrons. The fourth-order valence-corrected chi connectivity index (χ4v) is 2.73. The number of aromatic nitrogens is 1. The molecule has 3 rings (SSSR count). The van der Waals surface area contributed by atoms with Crippen molar-refractivity contribution in [3.63, 3.8) is 0 Å². The molecule has 3 heteroatoms. The summed E-state index contributed by atoms with van der Waals surface area (Å²) in [6.07, 6.45) is 1.90. The van der Waals surface area contributed by atoms with Gasteiger partial charge in [-0.05, 0) is 17.0 Å². The number of hydrogen-bond acceptors (Lipinski definition) is 1. The third-order valence-electron chi connectivity index (χ3n) is 4.75. The molecule has 0 aliphatic carbocycles. The van der Waals surface area contributed by atoms with Crippen molar-refractivity contribution < 1.29 is 0 Å². The molecule has 1 nitrogen and oxygen atoms in total. The SMILES string of the molecule is [B]C([B])(c1cccc(-c2ccc(-c3ccccc3)nc2)c1)C(C)(C)C. The van der Waals surface area contributed by atoms with Gasteiger partial charge in [-0.2, -0.15) is 0 Å². The van der Waals surface area contributed by atoms with Crippen LogP contribution in [-0.2, 0) is 5.21 Å². The molecule has 0 atom stereocenters. The van der Waals surface area contributed by atoms with Crippen molar-refractivity contribution in [2.75, 3.05) is 0 Å². The van der Waals surface area contributed by atoms with E-state index in [1.54, 1.807) is 0 Å². The average Bonchev–Trinajstić information content (AvgIpc) is 2.62. The molecule has 1 aromatic heterocycles. The number of hydrogen-bond donors (Lipinski definition) is 0. The van der Waals surface area contributed by atoms with Crippen molar-refractivity contribution in [3.05, 3.63) is 78.5 Å². The van der Waals surface area contributed by atoms with E-state index in [-0.39, 0.29) is 5.41 Å². The Labute approximate surface area is 153 Å². The van der Waals surface area contributed by atoms with Gasteiger partial charge in [-0.1, -0.05) is 92.2 Å². The zero-order valence-electron chi connectivity index (χ0n) is 15.0. The van der Waals surface area contributed by atoms with Gasteiger partial charge >= 0.3 is 0 Å². The molecule has 0 saturated carbocycles. The standard InChI is InChI=1S/C22H21B2N/c1-21(2,3)22(23,24)19-11-7-10-17(14-19)18-12-13-20(25-15-18)16-8-5-4-6-9-16/h4-15H,1-3H3. The highest BCUT2D eigenvalue weighted by molar-refractivity contribution is 6.40. The number of nitrogens with zero attached hydrogens (tertiary/aromatic N) is 1. The van der Waals surface area contributed by atoms with E-state index in [0.717, 1.165) is 27.9 Å². The zero-order valence-corrected chi connectivity index (χ0v) is 15.0. The van der Waals surface area contributed by atoms with Crippen LogP contribution in [0.25, 0.3) is 22.4 Å². The summed E-state index contributed by atoms with van der Waals surface area (Å²) in [6.45, 7) is 6.15. The first-order valence-corrected chi connectivity index (χ1v) is 8.49. The van der Waals surface area contributed by atoms with Crippen molar-refractivity contribution in [2.24, 2.45) is 5.41 Å². The third-order valence-corrected chi connectivity index (χ3v) is 4.75. The highest BCUT2D eigenvalue weighted by atomic mass is 14.7. The molecule has 0 spiro atoms. The Morgan fingerprint density at radius 2 is 1.40 bits per heavy atom. The van der Waals surface area contributed by atoms with Crippen LogP contribution in [0.3, 0.4) is 0 Å². The molecule has 3 aromatic rings. The normalized spacial score (nSPS) is 12.1. The minimum absolute atomic E-state index is 0.249. The molecule has 0 fully saturated rings. The maximum absolute atomic E-state index is 6.42. The van der Waals surface area contributed by atoms with Crippen LogP contribution in [0.4, 0.5) is 0 Å². The maximum Gasteiger partial charge on any atom is 0.0702 e. The Hall–Kier alpha value is -2.28. The van der Waals surface area contributed by atoms with Gasteiger partial charge in [-0.25, -0.2) is 0 Å². The fourth-order valence-electron chi connectivity index (χ4n) is 2.73. The molecular formula is C22H21B2N. The molecule has 0 aliphatic rings. The number of benzene rings is 2. The van der Waals surface area contributed by atoms with E-state index in [9.17, 15) is 0 Å². The second kappa shape index (κ2) is 6.55. The first kappa shape index (κ1) is 17.5. The zero-order chi connectivity index (χ0) is 18.1. The van der Waals surface area contributed by atoms with Gasteiger partial charge in [0, 0.05) is 17.3 Å². The van der Waals surface area contributed by atoms with E-state index in [1.807, 2.05) is 42.6 Å². The topological polar surface area (TPSA) is 12.9 Å². The molecule has 0 amide bonds. The molecular weight excluding hydrogens is 300 g/mol. The molecule has 2 aromatic carbocycles. The average molecular weight is 321 g/mol. The quantitative estimate of drug-likeness (QED) is 0.622. The fraction of sp³-hybridized carbons (Fsp3) is 0.227. The Morgan fingerprint density at radius 3 is 2.00 bits per heavy atom. The van der Waals surface area contributed by atoms with E-state index in [1.165, 1.54) is 0 Å². The van der Waals surface area contributed by atoms with Crippen LogP contribution in [0.2, 0.25) is 0 Å². The summed E-state index contributed by atoms with van der Waals surface area (Å²) in [5.41, 5.74) is 4.85. The Bertz CT molecular complexity index is 847. The highest BCUT2D eigenvalue weighted by Gasteiger charge is 2.33. The van der Waals surface area contributed by atoms with Gasteiger partial charge in [-0.3, -0.25) is 4.98 Å². The predicted molar refractivity (Wildman–Crippen MR) is 108 cm³/mol. The second-order valence-corrected chi connectivity index (χ2v) is 7.50. The third kappa shape index (κ3) is 3.56. The summed E-state index contributed by atoms with van der Waals surface area (Å²) in [6, 6.07) is 22.4. The number of pyridine rings is 1. The van der Waals surface area contributed by atoms with Crippen molar-refractivity contribution in [1.29, 1.82) is 0 Å². The van der Waals surface area contributed by atoms with Crippen LogP contribution in [0.5, 0.6) is 0 Å². The van der Waals surface area contributed by atoms with Gasteiger partial charge < -0.3 is 0 Å². The van der Waals surface area contributed by atoms with Crippen LogP contribution in [0.15, 0.2) is 72.9 Å². The lowest BCUT2D eigenvalue weighted by Crippen LogP contribution is -2.41. The van der Waals surface area contributed by atoms with Crippen molar-refractivity contribution in [2.45, 2.75) is 26.0 Å². The van der Waals surface area contributed by atoms with E-state index in [2.05, 4.69) is 56.1 Å². The summed E-state index contributed by atoms with van der Waals surface area (Å²) in [4.78, 5) is 4.60. The summed E-state index contributed by atoms with van der Waals surface area (Å²) in [5.74, 6) is 0. The molecule has 0 N–H and O–H groups in total. The minimum Gasteiger partial charge on any atom is -0.256 e. The van der Waals surface area contributed by atoms with E-state index in [0.29, 0.717) is 0 Å². The predicted octanol–water partition coefficient (Wildman–Crippen LogP) is 4.95. The van der Waals surface area contributed by atoms with Gasteiger partial charge in [-0.15, -0.1) is 0 Å². The summed E-state index contributed by atoms with van der Waals surface area (Å²) < 4.78 is 0. The van der Waals surface area contributed by atoms with Crippen molar-refractivity contribution in [1.82, 2.24) is 4.98 Å². The maximum atomic E-state index is 6.42. The van der Waals surface area contributed by atoms with E-state index < -0.39 is 5.21 Å². The Kier molecular flexibility index (Phi) is 4.60. The van der Waals surface area contributed by atoms with Crippen LogP contribution in [-0.4, -0.2) is 20.7 Å². The minimum atomic E-state index is -0.902. The van der Waals surface area contributed by atoms with Gasteiger partial charge in [0.2, 0.25) is 0 Å². The molecule has 0 saturated heterocycles. The smallest absolute Gasteiger partial charge is 0.0702 e. The van der Waals surface area contributed by atoms with Gasteiger partial charge in [0.25, 0.3) is 0 Å². The van der Waals surface area contributed by atoms with Crippen LogP contribution < -0.4 is 0 Å². The van der Waals surface area contributed by atoms with Crippen LogP contribution >= 0.6 is 0 Å². The van der Waals surface area contributed by atoms with Crippen LogP contribution in [0.1, 0.15) is 26.3 Å². The van der Waals surface area contributed by atoms with Crippen molar-refractivity contribution in [3.8, 4) is 22.4 Å². The molecule has 1 heterocycles. The summed E-state index contributed by atoms with van der Waals surface area (Å²) >= 11 is 0. The highest BCUT2D eigenvalue weighted by Crippen LogP contribution is 2.37. The lowest BCUT2D eigenvalue weighted by atomic mass is 9.41. The van der Waals surface area contributed by atoms with Gasteiger partial charge in [0.1, 0.15) is 0 Å². The van der Waals surface area contributed by atoms with Gasteiger partial charge in [0.15, 0.2) is 0 Å². The first-order valence-electron chi connectivity index (χ1n) is 8.49. The monoisotopic (exact) mass is 321 g/mol. The second-order valence-electron chi connectivity index (χ2n) is 7.50. The Balaban J connectivity index is 1.94. The van der Waals surface area contributed by atoms with E-state index >= 15 is 0 Å². The summed E-state index contributed by atoms with van der Waals surface area (Å²) in [5, 5.41) is -0.902. The van der Waals surface area contributed by atoms with Crippen molar-refractivity contribution >= 4 is 15.7 Å². The largest absolute Gasteiger partial charge is 0.256 e. The molecule has 0 unspecified atom stereocenters. The number of rotatable bonds is 3. The molecule has 0 aliphatic heterocycles. The molecule has 0 bridgehead atoms. The van der Waals surface area contributed by atoms with Gasteiger partial charge in [0.05, 0.1) is 21.4 Å². The molecule has 25 heavy (non-hydrogen) atoms. The van der Waals surface area contributed by atoms with E-state index in [4.69, 9.17) is 15.7 Å². The van der Waals surface area contributed by atoms with Crippen LogP contribution in [0, 0.1) is 5.41 Å². The lowest BCUT2D eigenvalue weighted by Gasteiger charge is -2.41.